The normalized spacial score (nSPS) is 10.4. The van der Waals surface area contributed by atoms with Gasteiger partial charge in [-0.3, -0.25) is 4.79 Å². The van der Waals surface area contributed by atoms with Crippen molar-refractivity contribution >= 4 is 17.1 Å². The van der Waals surface area contributed by atoms with Crippen LogP contribution in [0.25, 0.3) is 0 Å². The minimum absolute atomic E-state index is 0.191. The van der Waals surface area contributed by atoms with Gasteiger partial charge in [-0.05, 0) is 6.07 Å². The fourth-order valence-electron chi connectivity index (χ4n) is 1.37. The van der Waals surface area contributed by atoms with Gasteiger partial charge in [0.15, 0.2) is 11.6 Å². The molecule has 0 saturated heterocycles. The first kappa shape index (κ1) is 12.6. The molecular weight excluding hydrogens is 265 g/mol. The van der Waals surface area contributed by atoms with E-state index in [9.17, 15) is 18.0 Å². The van der Waals surface area contributed by atoms with Gasteiger partial charge in [0.1, 0.15) is 11.6 Å². The first-order valence-electron chi connectivity index (χ1n) is 4.84. The fourth-order valence-corrected chi connectivity index (χ4v) is 2.18. The summed E-state index contributed by atoms with van der Waals surface area (Å²) in [6.07, 6.45) is 0. The third-order valence-electron chi connectivity index (χ3n) is 2.29. The number of benzene rings is 1. The molecule has 0 aliphatic rings. The summed E-state index contributed by atoms with van der Waals surface area (Å²) in [5.41, 5.74) is -0.501. The minimum Gasteiger partial charge on any atom is -0.496 e. The summed E-state index contributed by atoms with van der Waals surface area (Å²) in [6.45, 7) is 0. The van der Waals surface area contributed by atoms with Gasteiger partial charge in [-0.15, -0.1) is 11.3 Å². The molecule has 0 fully saturated rings. The standard InChI is InChI=1S/C12H7F3O2S/c1-17-6-2-11(18-5-6)12(16)7-3-9(14)10(15)4-8(7)13/h2-5H,1H3. The third-order valence-corrected chi connectivity index (χ3v) is 3.20. The van der Waals surface area contributed by atoms with Crippen molar-refractivity contribution in [3.8, 4) is 5.75 Å². The molecule has 0 spiro atoms. The summed E-state index contributed by atoms with van der Waals surface area (Å²) in [6, 6.07) is 2.32. The molecule has 0 aliphatic carbocycles. The van der Waals surface area contributed by atoms with Crippen LogP contribution >= 0.6 is 11.3 Å². The Bertz CT molecular complexity index is 607. The van der Waals surface area contributed by atoms with Gasteiger partial charge >= 0.3 is 0 Å². The Hall–Kier alpha value is -1.82. The summed E-state index contributed by atoms with van der Waals surface area (Å²) in [7, 11) is 1.43. The van der Waals surface area contributed by atoms with Gasteiger partial charge in [-0.1, -0.05) is 0 Å². The molecule has 18 heavy (non-hydrogen) atoms. The second-order valence-electron chi connectivity index (χ2n) is 3.43. The van der Waals surface area contributed by atoms with Crippen molar-refractivity contribution in [2.24, 2.45) is 0 Å². The molecule has 0 saturated carbocycles. The Labute approximate surface area is 105 Å². The van der Waals surface area contributed by atoms with Crippen LogP contribution in [0.15, 0.2) is 23.6 Å². The maximum atomic E-state index is 13.4. The maximum Gasteiger partial charge on any atom is 0.206 e. The van der Waals surface area contributed by atoms with Crippen molar-refractivity contribution in [1.29, 1.82) is 0 Å². The zero-order valence-electron chi connectivity index (χ0n) is 9.17. The summed E-state index contributed by atoms with van der Waals surface area (Å²) in [5, 5.41) is 1.56. The van der Waals surface area contributed by atoms with Crippen LogP contribution in [0.1, 0.15) is 15.2 Å². The van der Waals surface area contributed by atoms with Crippen LogP contribution < -0.4 is 4.74 Å². The molecule has 2 nitrogen and oxygen atoms in total. The van der Waals surface area contributed by atoms with Crippen molar-refractivity contribution in [3.63, 3.8) is 0 Å². The number of hydrogen-bond donors (Lipinski definition) is 0. The zero-order valence-corrected chi connectivity index (χ0v) is 9.98. The van der Waals surface area contributed by atoms with Crippen LogP contribution in [-0.2, 0) is 0 Å². The number of ketones is 1. The molecular formula is C12H7F3O2S. The summed E-state index contributed by atoms with van der Waals surface area (Å²) in [4.78, 5) is 12.1. The van der Waals surface area contributed by atoms with E-state index in [-0.39, 0.29) is 4.88 Å². The van der Waals surface area contributed by atoms with Crippen LogP contribution in [0.3, 0.4) is 0 Å². The van der Waals surface area contributed by atoms with E-state index in [2.05, 4.69) is 0 Å². The van der Waals surface area contributed by atoms with Crippen molar-refractivity contribution < 1.29 is 22.7 Å². The minimum atomic E-state index is -1.33. The first-order chi connectivity index (χ1) is 8.52. The van der Waals surface area contributed by atoms with E-state index in [4.69, 9.17) is 4.74 Å². The molecule has 1 heterocycles. The van der Waals surface area contributed by atoms with Crippen LogP contribution in [0.5, 0.6) is 5.75 Å². The lowest BCUT2D eigenvalue weighted by molar-refractivity contribution is 0.103. The Morgan fingerprint density at radius 2 is 1.78 bits per heavy atom. The zero-order chi connectivity index (χ0) is 13.3. The van der Waals surface area contributed by atoms with E-state index in [1.54, 1.807) is 5.38 Å². The van der Waals surface area contributed by atoms with E-state index < -0.39 is 28.8 Å². The summed E-state index contributed by atoms with van der Waals surface area (Å²) in [5.74, 6) is -3.94. The van der Waals surface area contributed by atoms with E-state index in [0.717, 1.165) is 11.3 Å². The topological polar surface area (TPSA) is 26.3 Å². The van der Waals surface area contributed by atoms with E-state index >= 15 is 0 Å². The van der Waals surface area contributed by atoms with Crippen molar-refractivity contribution in [2.75, 3.05) is 7.11 Å². The number of hydrogen-bond acceptors (Lipinski definition) is 3. The fraction of sp³-hybridized carbons (Fsp3) is 0.0833. The van der Waals surface area contributed by atoms with Crippen LogP contribution in [-0.4, -0.2) is 12.9 Å². The van der Waals surface area contributed by atoms with Crippen LogP contribution in [0.4, 0.5) is 13.2 Å². The number of rotatable bonds is 3. The summed E-state index contributed by atoms with van der Waals surface area (Å²) < 4.78 is 44.0. The first-order valence-corrected chi connectivity index (χ1v) is 5.72. The van der Waals surface area contributed by atoms with Gasteiger partial charge in [0, 0.05) is 17.5 Å². The number of halogens is 3. The number of ether oxygens (including phenoxy) is 1. The smallest absolute Gasteiger partial charge is 0.206 e. The van der Waals surface area contributed by atoms with E-state index in [1.807, 2.05) is 0 Å². The van der Waals surface area contributed by atoms with Gasteiger partial charge in [0.2, 0.25) is 5.78 Å². The highest BCUT2D eigenvalue weighted by molar-refractivity contribution is 7.12. The Morgan fingerprint density at radius 3 is 2.39 bits per heavy atom. The van der Waals surface area contributed by atoms with Gasteiger partial charge in [0.25, 0.3) is 0 Å². The highest BCUT2D eigenvalue weighted by atomic mass is 32.1. The molecule has 1 aromatic carbocycles. The molecule has 0 aliphatic heterocycles. The molecule has 0 N–H and O–H groups in total. The number of carbonyl (C=O) groups is 1. The van der Waals surface area contributed by atoms with Crippen LogP contribution in [0.2, 0.25) is 0 Å². The number of carbonyl (C=O) groups excluding carboxylic acids is 1. The second-order valence-corrected chi connectivity index (χ2v) is 4.34. The van der Waals surface area contributed by atoms with E-state index in [0.29, 0.717) is 17.9 Å². The number of methoxy groups -OCH3 is 1. The second kappa shape index (κ2) is 4.81. The van der Waals surface area contributed by atoms with Crippen molar-refractivity contribution in [3.05, 3.63) is 51.5 Å². The Balaban J connectivity index is 2.42. The third kappa shape index (κ3) is 2.24. The van der Waals surface area contributed by atoms with Gasteiger partial charge in [0.05, 0.1) is 17.6 Å². The average Bonchev–Trinajstić information content (AvgIpc) is 2.81. The molecule has 0 bridgehead atoms. The molecule has 2 aromatic rings. The monoisotopic (exact) mass is 272 g/mol. The lowest BCUT2D eigenvalue weighted by Gasteiger charge is -2.01. The molecule has 1 aromatic heterocycles. The van der Waals surface area contributed by atoms with Gasteiger partial charge in [-0.2, -0.15) is 0 Å². The summed E-state index contributed by atoms with van der Waals surface area (Å²) >= 11 is 1.04. The van der Waals surface area contributed by atoms with Gasteiger partial charge in [-0.25, -0.2) is 13.2 Å². The predicted octanol–water partition coefficient (Wildman–Crippen LogP) is 3.41. The van der Waals surface area contributed by atoms with E-state index in [1.165, 1.54) is 13.2 Å². The maximum absolute atomic E-state index is 13.4. The van der Waals surface area contributed by atoms with Crippen molar-refractivity contribution in [2.45, 2.75) is 0 Å². The van der Waals surface area contributed by atoms with Gasteiger partial charge < -0.3 is 4.74 Å². The highest BCUT2D eigenvalue weighted by Crippen LogP contribution is 2.25. The number of thiophene rings is 1. The average molecular weight is 272 g/mol. The quantitative estimate of drug-likeness (QED) is 0.632. The SMILES string of the molecule is COc1csc(C(=O)c2cc(F)c(F)cc2F)c1. The molecule has 0 atom stereocenters. The molecule has 0 radical (unpaired) electrons. The highest BCUT2D eigenvalue weighted by Gasteiger charge is 2.19. The molecule has 2 rings (SSSR count). The molecule has 0 unspecified atom stereocenters. The van der Waals surface area contributed by atoms with Crippen molar-refractivity contribution in [1.82, 2.24) is 0 Å². The predicted molar refractivity (Wildman–Crippen MR) is 60.6 cm³/mol. The van der Waals surface area contributed by atoms with Crippen LogP contribution in [0, 0.1) is 17.5 Å². The lowest BCUT2D eigenvalue weighted by Crippen LogP contribution is -2.04. The Kier molecular flexibility index (Phi) is 3.38. The molecule has 94 valence electrons. The lowest BCUT2D eigenvalue weighted by atomic mass is 10.1. The molecule has 0 amide bonds. The largest absolute Gasteiger partial charge is 0.496 e. The Morgan fingerprint density at radius 1 is 1.11 bits per heavy atom. The molecule has 6 heteroatoms.